The van der Waals surface area contributed by atoms with E-state index in [9.17, 15) is 0 Å². The van der Waals surface area contributed by atoms with Crippen molar-refractivity contribution in [2.75, 3.05) is 0 Å². The Morgan fingerprint density at radius 1 is 0.187 bits per heavy atom. The molecule has 22 aromatic rings. The Kier molecular flexibility index (Phi) is 14.5. The molecule has 3 aromatic heterocycles. The predicted molar refractivity (Wildman–Crippen MR) is 454 cm³/mol. The first-order valence-electron chi connectivity index (χ1n) is 36.8. The quantitative estimate of drug-likeness (QED) is 0.142. The van der Waals surface area contributed by atoms with Crippen molar-refractivity contribution in [3.8, 4) is 89.0 Å². The molecule has 0 saturated heterocycles. The molecular formula is C104H65NO2. The van der Waals surface area contributed by atoms with Crippen LogP contribution in [0.3, 0.4) is 0 Å². The lowest BCUT2D eigenvalue weighted by molar-refractivity contribution is 0.670. The van der Waals surface area contributed by atoms with Crippen LogP contribution in [-0.2, 0) is 0 Å². The van der Waals surface area contributed by atoms with E-state index in [1.807, 2.05) is 18.5 Å². The molecule has 0 fully saturated rings. The molecule has 0 amide bonds. The highest BCUT2D eigenvalue weighted by Crippen LogP contribution is 2.52. The van der Waals surface area contributed by atoms with Crippen LogP contribution in [0.2, 0.25) is 0 Å². The molecular weight excluding hydrogens is 1300 g/mol. The highest BCUT2D eigenvalue weighted by Gasteiger charge is 2.26. The monoisotopic (exact) mass is 1360 g/mol. The average Bonchev–Trinajstić information content (AvgIpc) is 1.65. The van der Waals surface area contributed by atoms with E-state index < -0.39 is 0 Å². The lowest BCUT2D eigenvalue weighted by Crippen LogP contribution is -1.91. The van der Waals surface area contributed by atoms with Crippen molar-refractivity contribution in [2.24, 2.45) is 0 Å². The van der Waals surface area contributed by atoms with Crippen molar-refractivity contribution in [1.29, 1.82) is 0 Å². The first kappa shape index (κ1) is 61.7. The van der Waals surface area contributed by atoms with Crippen LogP contribution in [0, 0.1) is 6.92 Å². The highest BCUT2D eigenvalue weighted by atomic mass is 16.3. The summed E-state index contributed by atoms with van der Waals surface area (Å²) in [6, 6.07) is 132. The molecule has 0 saturated carbocycles. The molecule has 498 valence electrons. The van der Waals surface area contributed by atoms with Gasteiger partial charge in [-0.3, -0.25) is 4.98 Å². The number of para-hydroxylation sites is 2. The first-order chi connectivity index (χ1) is 53.1. The van der Waals surface area contributed by atoms with Gasteiger partial charge in [-0.15, -0.1) is 0 Å². The van der Waals surface area contributed by atoms with Gasteiger partial charge in [-0.05, 0) is 185 Å². The minimum Gasteiger partial charge on any atom is -0.455 e. The topological polar surface area (TPSA) is 39.2 Å². The lowest BCUT2D eigenvalue weighted by Gasteiger charge is -2.18. The van der Waals surface area contributed by atoms with Gasteiger partial charge >= 0.3 is 0 Å². The maximum Gasteiger partial charge on any atom is 0.143 e. The number of benzene rings is 19. The summed E-state index contributed by atoms with van der Waals surface area (Å²) in [6.07, 6.45) is 3.81. The zero-order chi connectivity index (χ0) is 70.6. The van der Waals surface area contributed by atoms with E-state index in [1.165, 1.54) is 164 Å². The molecule has 3 heteroatoms. The zero-order valence-corrected chi connectivity index (χ0v) is 58.6. The summed E-state index contributed by atoms with van der Waals surface area (Å²) in [6.45, 7) is 2.15. The van der Waals surface area contributed by atoms with E-state index >= 15 is 0 Å². The Morgan fingerprint density at radius 3 is 0.748 bits per heavy atom. The van der Waals surface area contributed by atoms with Crippen LogP contribution in [-0.4, -0.2) is 4.98 Å². The maximum absolute atomic E-state index is 6.90. The zero-order valence-electron chi connectivity index (χ0n) is 58.6. The summed E-state index contributed by atoms with van der Waals surface area (Å²) in [7, 11) is 0. The van der Waals surface area contributed by atoms with Gasteiger partial charge in [0.1, 0.15) is 22.3 Å². The van der Waals surface area contributed by atoms with E-state index in [0.29, 0.717) is 0 Å². The number of rotatable bonds is 8. The van der Waals surface area contributed by atoms with Gasteiger partial charge in [-0.25, -0.2) is 0 Å². The van der Waals surface area contributed by atoms with Crippen LogP contribution < -0.4 is 0 Å². The van der Waals surface area contributed by atoms with Gasteiger partial charge < -0.3 is 8.83 Å². The third-order valence-electron chi connectivity index (χ3n) is 22.3. The van der Waals surface area contributed by atoms with Crippen LogP contribution in [0.15, 0.2) is 385 Å². The van der Waals surface area contributed by atoms with Crippen LogP contribution >= 0.6 is 0 Å². The third kappa shape index (κ3) is 9.93. The standard InChI is InChI=1S/C53H34O.C51H31NO/c1-33-26-28-35(29-27-33)50-37-16-5-7-18-39(37)51(40-19-8-6-17-38(40)50)36-30-31-48-47(32-36)45-24-13-25-46(53(45)54-48)52-43-22-11-9-20-41(43)49(34-14-3-2-4-15-34)42-21-10-12-23-44(42)52;1-2-14-32(15-3-1)47-39-21-8-10-23-41(39)50(42-24-11-9-22-40(42)47)44-26-12-25-43-45-30-33(27-28-46(45)53-51(43)44)48-35-17-4-6-19-37(35)49(34-16-13-29-52-31-34)38-20-7-5-18-36(38)48/h2-32H,1H3;1-31H. The van der Waals surface area contributed by atoms with Gasteiger partial charge in [0.2, 0.25) is 0 Å². The molecule has 0 aliphatic rings. The number of fused-ring (bicyclic) bond motifs is 14. The predicted octanol–water partition coefficient (Wildman–Crippen LogP) is 29.4. The van der Waals surface area contributed by atoms with Gasteiger partial charge in [-0.2, -0.15) is 0 Å². The van der Waals surface area contributed by atoms with Crippen LogP contribution in [0.5, 0.6) is 0 Å². The van der Waals surface area contributed by atoms with Crippen molar-refractivity contribution < 1.29 is 8.83 Å². The second kappa shape index (κ2) is 25.2. The molecule has 19 aromatic carbocycles. The minimum absolute atomic E-state index is 0.881. The van der Waals surface area contributed by atoms with Crippen LogP contribution in [0.1, 0.15) is 5.56 Å². The third-order valence-corrected chi connectivity index (χ3v) is 22.3. The average molecular weight is 1360 g/mol. The highest BCUT2D eigenvalue weighted by molar-refractivity contribution is 6.29. The first-order valence-corrected chi connectivity index (χ1v) is 36.8. The fourth-order valence-corrected chi connectivity index (χ4v) is 17.7. The van der Waals surface area contributed by atoms with Gasteiger partial charge in [0.05, 0.1) is 0 Å². The summed E-state index contributed by atoms with van der Waals surface area (Å²) in [5.74, 6) is 0. The summed E-state index contributed by atoms with van der Waals surface area (Å²) in [5.41, 5.74) is 24.1. The molecule has 0 unspecified atom stereocenters. The van der Waals surface area contributed by atoms with Gasteiger partial charge in [0.15, 0.2) is 0 Å². The van der Waals surface area contributed by atoms with Gasteiger partial charge in [0, 0.05) is 61.8 Å². The van der Waals surface area contributed by atoms with E-state index in [1.54, 1.807) is 0 Å². The molecule has 3 heterocycles. The Bertz CT molecular complexity index is 7130. The molecule has 0 spiro atoms. The molecule has 3 nitrogen and oxygen atoms in total. The molecule has 0 aliphatic heterocycles. The number of nitrogens with zero attached hydrogens (tertiary/aromatic N) is 1. The van der Waals surface area contributed by atoms with E-state index in [-0.39, 0.29) is 0 Å². The fraction of sp³-hybridized carbons (Fsp3) is 0.00962. The molecule has 0 bridgehead atoms. The Morgan fingerprint density at radius 2 is 0.439 bits per heavy atom. The van der Waals surface area contributed by atoms with E-state index in [0.717, 1.165) is 60.6 Å². The maximum atomic E-state index is 6.90. The van der Waals surface area contributed by atoms with Gasteiger partial charge in [-0.1, -0.05) is 339 Å². The largest absolute Gasteiger partial charge is 0.455 e. The van der Waals surface area contributed by atoms with Crippen molar-refractivity contribution in [1.82, 2.24) is 4.98 Å². The number of hydrogen-bond acceptors (Lipinski definition) is 3. The molecule has 0 aliphatic carbocycles. The normalized spacial score (nSPS) is 11.8. The molecule has 107 heavy (non-hydrogen) atoms. The SMILES string of the molecule is Cc1ccc(-c2c3ccccc3c(-c3ccc4oc5c(-c6c7ccccc7c(-c7ccccc7)c7ccccc67)cccc5c4c3)c3ccccc23)cc1.c1ccc(-c2c3ccccc3c(-c3cccc4c3oc3ccc(-c5c6ccccc6c(-c6cccnc6)c6ccccc56)cc34)c3ccccc23)cc1. The van der Waals surface area contributed by atoms with Crippen molar-refractivity contribution in [3.05, 3.63) is 382 Å². The Hall–Kier alpha value is -14.0. The van der Waals surface area contributed by atoms with Crippen molar-refractivity contribution >= 4 is 130 Å². The number of hydrogen-bond donors (Lipinski definition) is 0. The number of aromatic nitrogens is 1. The fourth-order valence-electron chi connectivity index (χ4n) is 17.7. The smallest absolute Gasteiger partial charge is 0.143 e. The van der Waals surface area contributed by atoms with Gasteiger partial charge in [0.25, 0.3) is 0 Å². The van der Waals surface area contributed by atoms with E-state index in [2.05, 4.69) is 370 Å². The molecule has 0 N–H and O–H groups in total. The number of aryl methyl sites for hydroxylation is 1. The summed E-state index contributed by atoms with van der Waals surface area (Å²) in [5, 5.41) is 24.1. The molecule has 0 atom stereocenters. The van der Waals surface area contributed by atoms with Crippen LogP contribution in [0.4, 0.5) is 0 Å². The molecule has 22 rings (SSSR count). The summed E-state index contributed by atoms with van der Waals surface area (Å²) in [4.78, 5) is 4.48. The Labute approximate surface area is 617 Å². The Balaban J connectivity index is 0.000000137. The van der Waals surface area contributed by atoms with Crippen molar-refractivity contribution in [2.45, 2.75) is 6.92 Å². The van der Waals surface area contributed by atoms with Crippen molar-refractivity contribution in [3.63, 3.8) is 0 Å². The number of pyridine rings is 1. The summed E-state index contributed by atoms with van der Waals surface area (Å²) >= 11 is 0. The molecule has 0 radical (unpaired) electrons. The second-order valence-electron chi connectivity index (χ2n) is 28.2. The van der Waals surface area contributed by atoms with E-state index in [4.69, 9.17) is 8.83 Å². The number of furan rings is 2. The second-order valence-corrected chi connectivity index (χ2v) is 28.2. The summed E-state index contributed by atoms with van der Waals surface area (Å²) < 4.78 is 13.8. The lowest BCUT2D eigenvalue weighted by atomic mass is 9.85. The minimum atomic E-state index is 0.881. The van der Waals surface area contributed by atoms with Crippen LogP contribution in [0.25, 0.3) is 219 Å².